The molecule has 0 aliphatic heterocycles. The zero-order valence-electron chi connectivity index (χ0n) is 5.96. The molecule has 2 aromatic heterocycles. The molecule has 0 bridgehead atoms. The molecule has 0 saturated heterocycles. The summed E-state index contributed by atoms with van der Waals surface area (Å²) in [6.45, 7) is 0. The van der Waals surface area contributed by atoms with Gasteiger partial charge in [-0.2, -0.15) is 0 Å². The topological polar surface area (TPSA) is 24.0 Å². The first-order valence-electron chi connectivity index (χ1n) is 3.43. The highest BCUT2D eigenvalue weighted by Gasteiger charge is 1.88. The third-order valence-electron chi connectivity index (χ3n) is 1.38. The van der Waals surface area contributed by atoms with E-state index in [1.54, 1.807) is 9.35 Å². The number of nitrogens with zero attached hydrogens (tertiary/aromatic N) is 3. The van der Waals surface area contributed by atoms with Crippen molar-refractivity contribution >= 4 is 0 Å². The van der Waals surface area contributed by atoms with Crippen LogP contribution in [0.2, 0.25) is 0 Å². The lowest BCUT2D eigenvalue weighted by Gasteiger charge is -2.01. The predicted molar refractivity (Wildman–Crippen MR) is 41.8 cm³/mol. The van der Waals surface area contributed by atoms with E-state index < -0.39 is 0 Å². The van der Waals surface area contributed by atoms with Crippen LogP contribution in [-0.4, -0.2) is 9.35 Å². The van der Waals surface area contributed by atoms with Gasteiger partial charge in [-0.1, -0.05) is 5.53 Å². The molecule has 3 heteroatoms. The molecule has 0 aromatic carbocycles. The summed E-state index contributed by atoms with van der Waals surface area (Å²) >= 11 is 0. The van der Waals surface area contributed by atoms with Crippen molar-refractivity contribution in [3.8, 4) is 0 Å². The number of hydrogen-bond acceptors (Lipinski definition) is 0. The van der Waals surface area contributed by atoms with Gasteiger partial charge in [-0.3, -0.25) is 0 Å². The Morgan fingerprint density at radius 3 is 1.36 bits per heavy atom. The molecule has 11 heavy (non-hydrogen) atoms. The molecular formula is C8H8N3. The van der Waals surface area contributed by atoms with Gasteiger partial charge in [-0.25, -0.2) is 9.35 Å². The Hall–Kier alpha value is -1.64. The van der Waals surface area contributed by atoms with Gasteiger partial charge in [0.2, 0.25) is 0 Å². The van der Waals surface area contributed by atoms with E-state index in [0.717, 1.165) is 0 Å². The molecule has 0 spiro atoms. The largest absolute Gasteiger partial charge is 0.231 e. The second-order valence-electron chi connectivity index (χ2n) is 2.22. The molecule has 3 nitrogen and oxygen atoms in total. The third-order valence-corrected chi connectivity index (χ3v) is 1.38. The Morgan fingerprint density at radius 2 is 1.00 bits per heavy atom. The van der Waals surface area contributed by atoms with Gasteiger partial charge >= 0.3 is 0 Å². The van der Waals surface area contributed by atoms with Crippen LogP contribution in [0.1, 0.15) is 0 Å². The van der Waals surface area contributed by atoms with Crippen LogP contribution in [0.4, 0.5) is 0 Å². The zero-order valence-corrected chi connectivity index (χ0v) is 5.96. The molecule has 0 saturated carbocycles. The maximum Gasteiger partial charge on any atom is 0.0301 e. The first-order chi connectivity index (χ1) is 5.45. The number of rotatable bonds is 2. The van der Waals surface area contributed by atoms with Gasteiger partial charge in [-0.15, -0.1) is 0 Å². The lowest BCUT2D eigenvalue weighted by Crippen LogP contribution is -2.15. The summed E-state index contributed by atoms with van der Waals surface area (Å²) in [6, 6.07) is 7.75. The molecule has 0 N–H and O–H groups in total. The fraction of sp³-hybridized carbons (Fsp3) is 0. The van der Waals surface area contributed by atoms with Crippen LogP contribution < -0.4 is 5.53 Å². The molecule has 0 fully saturated rings. The van der Waals surface area contributed by atoms with Gasteiger partial charge in [0, 0.05) is 24.8 Å². The van der Waals surface area contributed by atoms with E-state index in [0.29, 0.717) is 0 Å². The molecule has 1 radical (unpaired) electrons. The summed E-state index contributed by atoms with van der Waals surface area (Å²) in [6.07, 6.45) is 7.56. The van der Waals surface area contributed by atoms with Crippen molar-refractivity contribution in [3.05, 3.63) is 49.1 Å². The first kappa shape index (κ1) is 6.09. The average Bonchev–Trinajstić information content (AvgIpc) is 2.60. The summed E-state index contributed by atoms with van der Waals surface area (Å²) in [5.41, 5.74) is 4.19. The average molecular weight is 146 g/mol. The molecule has 0 aliphatic carbocycles. The quantitative estimate of drug-likeness (QED) is 0.606. The highest BCUT2D eigenvalue weighted by Crippen LogP contribution is 1.89. The number of aromatic nitrogens is 2. The Kier molecular flexibility index (Phi) is 1.41. The molecule has 2 heterocycles. The smallest absolute Gasteiger partial charge is 0.0301 e. The number of hydrogen-bond donors (Lipinski definition) is 0. The fourth-order valence-corrected chi connectivity index (χ4v) is 0.889. The summed E-state index contributed by atoms with van der Waals surface area (Å²) in [7, 11) is 0. The van der Waals surface area contributed by atoms with Gasteiger partial charge in [0.1, 0.15) is 0 Å². The molecule has 0 aliphatic rings. The molecule has 2 rings (SSSR count). The van der Waals surface area contributed by atoms with Crippen LogP contribution in [0.25, 0.3) is 0 Å². The SMILES string of the molecule is c1ccn([N]n2cccc2)c1. The van der Waals surface area contributed by atoms with Crippen molar-refractivity contribution in [2.75, 3.05) is 0 Å². The molecule has 0 atom stereocenters. The van der Waals surface area contributed by atoms with Gasteiger partial charge in [0.25, 0.3) is 0 Å². The van der Waals surface area contributed by atoms with Crippen molar-refractivity contribution in [3.63, 3.8) is 0 Å². The second kappa shape index (κ2) is 2.54. The van der Waals surface area contributed by atoms with Gasteiger partial charge in [-0.05, 0) is 24.3 Å². The Labute approximate surface area is 64.8 Å². The maximum absolute atomic E-state index is 4.19. The van der Waals surface area contributed by atoms with E-state index in [1.165, 1.54) is 0 Å². The molecular weight excluding hydrogens is 138 g/mol. The molecule has 55 valence electrons. The fourth-order valence-electron chi connectivity index (χ4n) is 0.889. The normalized spacial score (nSPS) is 9.82. The molecule has 0 amide bonds. The lowest BCUT2D eigenvalue weighted by atomic mass is 10.7. The van der Waals surface area contributed by atoms with E-state index in [1.807, 2.05) is 49.1 Å². The Bertz CT molecular complexity index is 262. The Morgan fingerprint density at radius 1 is 0.636 bits per heavy atom. The van der Waals surface area contributed by atoms with E-state index >= 15 is 0 Å². The Balaban J connectivity index is 2.14. The zero-order chi connectivity index (χ0) is 7.52. The van der Waals surface area contributed by atoms with E-state index in [9.17, 15) is 0 Å². The summed E-state index contributed by atoms with van der Waals surface area (Å²) < 4.78 is 3.50. The minimum atomic E-state index is 1.75. The summed E-state index contributed by atoms with van der Waals surface area (Å²) in [5, 5.41) is 0. The van der Waals surface area contributed by atoms with Crippen LogP contribution in [0.3, 0.4) is 0 Å². The first-order valence-corrected chi connectivity index (χ1v) is 3.43. The summed E-state index contributed by atoms with van der Waals surface area (Å²) in [5.74, 6) is 0. The molecule has 2 aromatic rings. The van der Waals surface area contributed by atoms with Crippen LogP contribution in [0.5, 0.6) is 0 Å². The van der Waals surface area contributed by atoms with Gasteiger partial charge in [0.05, 0.1) is 0 Å². The van der Waals surface area contributed by atoms with Crippen LogP contribution in [-0.2, 0) is 0 Å². The maximum atomic E-state index is 4.19. The highest BCUT2D eigenvalue weighted by atomic mass is 15.6. The monoisotopic (exact) mass is 146 g/mol. The molecule has 0 unspecified atom stereocenters. The summed E-state index contributed by atoms with van der Waals surface area (Å²) in [4.78, 5) is 0. The van der Waals surface area contributed by atoms with Gasteiger partial charge in [0.15, 0.2) is 0 Å². The van der Waals surface area contributed by atoms with Crippen LogP contribution >= 0.6 is 0 Å². The third kappa shape index (κ3) is 1.26. The minimum Gasteiger partial charge on any atom is -0.231 e. The van der Waals surface area contributed by atoms with Crippen molar-refractivity contribution in [1.82, 2.24) is 14.9 Å². The van der Waals surface area contributed by atoms with Crippen molar-refractivity contribution in [2.24, 2.45) is 0 Å². The second-order valence-corrected chi connectivity index (χ2v) is 2.22. The lowest BCUT2D eigenvalue weighted by molar-refractivity contribution is 0.490. The van der Waals surface area contributed by atoms with E-state index in [-0.39, 0.29) is 0 Å². The van der Waals surface area contributed by atoms with E-state index in [2.05, 4.69) is 5.53 Å². The van der Waals surface area contributed by atoms with Crippen molar-refractivity contribution < 1.29 is 0 Å². The van der Waals surface area contributed by atoms with Crippen molar-refractivity contribution in [1.29, 1.82) is 0 Å². The van der Waals surface area contributed by atoms with Gasteiger partial charge < -0.3 is 0 Å². The standard InChI is InChI=1S/C8H8N3/c1-2-6-10(5-1)9-11-7-3-4-8-11/h1-8H. The van der Waals surface area contributed by atoms with Crippen LogP contribution in [0.15, 0.2) is 49.1 Å². The van der Waals surface area contributed by atoms with Crippen molar-refractivity contribution in [2.45, 2.75) is 0 Å². The van der Waals surface area contributed by atoms with Crippen LogP contribution in [0, 0.1) is 0 Å². The minimum absolute atomic E-state index is 1.75. The predicted octanol–water partition coefficient (Wildman–Crippen LogP) is 1.12. The van der Waals surface area contributed by atoms with E-state index in [4.69, 9.17) is 0 Å². The highest BCUT2D eigenvalue weighted by molar-refractivity contribution is 4.92.